The minimum Gasteiger partial charge on any atom is -0.375 e. The lowest BCUT2D eigenvalue weighted by molar-refractivity contribution is -0.144. The lowest BCUT2D eigenvalue weighted by Crippen LogP contribution is -2.48. The monoisotopic (exact) mass is 390 g/mol. The highest BCUT2D eigenvalue weighted by Crippen LogP contribution is 2.45. The number of rotatable bonds is 6. The van der Waals surface area contributed by atoms with Crippen molar-refractivity contribution in [3.8, 4) is 0 Å². The molecule has 2 amide bonds. The molecule has 0 unspecified atom stereocenters. The lowest BCUT2D eigenvalue weighted by atomic mass is 9.75. The van der Waals surface area contributed by atoms with Crippen molar-refractivity contribution in [1.82, 2.24) is 9.80 Å². The van der Waals surface area contributed by atoms with E-state index in [4.69, 9.17) is 4.74 Å². The van der Waals surface area contributed by atoms with Gasteiger partial charge in [0.05, 0.1) is 5.41 Å². The molecule has 2 heterocycles. The van der Waals surface area contributed by atoms with Gasteiger partial charge in [0.2, 0.25) is 11.8 Å². The summed E-state index contributed by atoms with van der Waals surface area (Å²) in [7, 11) is 1.52. The van der Waals surface area contributed by atoms with Crippen LogP contribution in [0.1, 0.15) is 38.7 Å². The molecule has 0 saturated carbocycles. The fraction of sp³-hybridized carbons (Fsp3) is 0.636. The standard InChI is InChI=1S/C22H31FN2O3/c1-16(2)14-25-19(12-17-5-4-6-18(23)11-17)13-22(21(25)27)7-9-24(10-8-22)20(26)15-28-3/h4-6,11,16,19H,7-10,12-15H2,1-3H3/t19-/m1/s1. The first-order valence-electron chi connectivity index (χ1n) is 10.2. The summed E-state index contributed by atoms with van der Waals surface area (Å²) in [5, 5.41) is 0. The van der Waals surface area contributed by atoms with Crippen LogP contribution in [0.2, 0.25) is 0 Å². The third kappa shape index (κ3) is 4.37. The second-order valence-corrected chi connectivity index (χ2v) is 8.64. The third-order valence-electron chi connectivity index (χ3n) is 6.04. The summed E-state index contributed by atoms with van der Waals surface area (Å²) in [6, 6.07) is 6.75. The van der Waals surface area contributed by atoms with Gasteiger partial charge in [0.25, 0.3) is 0 Å². The number of nitrogens with zero attached hydrogens (tertiary/aromatic N) is 2. The predicted octanol–water partition coefficient (Wildman–Crippen LogP) is 2.88. The van der Waals surface area contributed by atoms with Crippen LogP contribution in [0.25, 0.3) is 0 Å². The number of carbonyl (C=O) groups excluding carboxylic acids is 2. The maximum Gasteiger partial charge on any atom is 0.248 e. The van der Waals surface area contributed by atoms with E-state index >= 15 is 0 Å². The molecule has 1 aromatic rings. The summed E-state index contributed by atoms with van der Waals surface area (Å²) in [5.74, 6) is 0.328. The van der Waals surface area contributed by atoms with Gasteiger partial charge in [0, 0.05) is 32.8 Å². The van der Waals surface area contributed by atoms with Crippen LogP contribution in [0.15, 0.2) is 24.3 Å². The van der Waals surface area contributed by atoms with Gasteiger partial charge in [-0.2, -0.15) is 0 Å². The lowest BCUT2D eigenvalue weighted by Gasteiger charge is -2.38. The highest BCUT2D eigenvalue weighted by Gasteiger charge is 2.52. The Morgan fingerprint density at radius 1 is 1.32 bits per heavy atom. The summed E-state index contributed by atoms with van der Waals surface area (Å²) in [6.07, 6.45) is 2.83. The van der Waals surface area contributed by atoms with E-state index in [1.807, 2.05) is 11.0 Å². The summed E-state index contributed by atoms with van der Waals surface area (Å²) in [6.45, 7) is 6.22. The van der Waals surface area contributed by atoms with Gasteiger partial charge in [-0.25, -0.2) is 4.39 Å². The van der Waals surface area contributed by atoms with Crippen LogP contribution in [0, 0.1) is 17.2 Å². The molecule has 1 spiro atoms. The molecular formula is C22H31FN2O3. The first kappa shape index (κ1) is 20.8. The molecule has 3 rings (SSSR count). The highest BCUT2D eigenvalue weighted by molar-refractivity contribution is 5.86. The maximum absolute atomic E-state index is 13.6. The number of ether oxygens (including phenoxy) is 1. The molecule has 1 aromatic carbocycles. The highest BCUT2D eigenvalue weighted by atomic mass is 19.1. The van der Waals surface area contributed by atoms with Gasteiger partial charge < -0.3 is 14.5 Å². The maximum atomic E-state index is 13.6. The normalized spacial score (nSPS) is 21.8. The van der Waals surface area contributed by atoms with Crippen molar-refractivity contribution >= 4 is 11.8 Å². The Balaban J connectivity index is 1.75. The average molecular weight is 390 g/mol. The molecule has 1 atom stereocenters. The molecule has 2 saturated heterocycles. The Bertz CT molecular complexity index is 713. The van der Waals surface area contributed by atoms with Crippen molar-refractivity contribution in [1.29, 1.82) is 0 Å². The fourth-order valence-corrected chi connectivity index (χ4v) is 4.68. The van der Waals surface area contributed by atoms with E-state index in [2.05, 4.69) is 13.8 Å². The number of halogens is 1. The van der Waals surface area contributed by atoms with Crippen LogP contribution in [0.3, 0.4) is 0 Å². The molecule has 2 aliphatic rings. The zero-order valence-corrected chi connectivity index (χ0v) is 17.1. The Labute approximate surface area is 166 Å². The number of hydrogen-bond donors (Lipinski definition) is 0. The first-order valence-corrected chi connectivity index (χ1v) is 10.2. The van der Waals surface area contributed by atoms with Crippen LogP contribution in [0.4, 0.5) is 4.39 Å². The second kappa shape index (κ2) is 8.60. The van der Waals surface area contributed by atoms with Crippen LogP contribution in [-0.4, -0.2) is 61.0 Å². The molecule has 5 nitrogen and oxygen atoms in total. The summed E-state index contributed by atoms with van der Waals surface area (Å²) in [5.41, 5.74) is 0.535. The number of likely N-dealkylation sites (tertiary alicyclic amines) is 2. The smallest absolute Gasteiger partial charge is 0.248 e. The number of hydrogen-bond acceptors (Lipinski definition) is 3. The predicted molar refractivity (Wildman–Crippen MR) is 105 cm³/mol. The van der Waals surface area contributed by atoms with Crippen molar-refractivity contribution in [2.24, 2.45) is 11.3 Å². The van der Waals surface area contributed by atoms with E-state index in [0.29, 0.717) is 44.8 Å². The van der Waals surface area contributed by atoms with Crippen LogP contribution in [-0.2, 0) is 20.7 Å². The quantitative estimate of drug-likeness (QED) is 0.751. The van der Waals surface area contributed by atoms with Crippen LogP contribution >= 0.6 is 0 Å². The number of methoxy groups -OCH3 is 1. The van der Waals surface area contributed by atoms with Gasteiger partial charge in [-0.05, 0) is 49.3 Å². The minimum absolute atomic E-state index is 0.0156. The summed E-state index contributed by atoms with van der Waals surface area (Å²) in [4.78, 5) is 29.3. The van der Waals surface area contributed by atoms with Gasteiger partial charge >= 0.3 is 0 Å². The van der Waals surface area contributed by atoms with Crippen molar-refractivity contribution in [3.63, 3.8) is 0 Å². The SMILES string of the molecule is COCC(=O)N1CCC2(CC1)C[C@@H](Cc1cccc(F)c1)N(CC(C)C)C2=O. The second-order valence-electron chi connectivity index (χ2n) is 8.64. The Morgan fingerprint density at radius 2 is 2.04 bits per heavy atom. The van der Waals surface area contributed by atoms with E-state index in [1.54, 1.807) is 17.0 Å². The molecule has 0 radical (unpaired) electrons. The largest absolute Gasteiger partial charge is 0.375 e. The third-order valence-corrected chi connectivity index (χ3v) is 6.04. The molecule has 28 heavy (non-hydrogen) atoms. The first-order chi connectivity index (χ1) is 13.3. The Kier molecular flexibility index (Phi) is 6.38. The molecule has 0 aliphatic carbocycles. The van der Waals surface area contributed by atoms with E-state index in [9.17, 15) is 14.0 Å². The molecule has 154 valence electrons. The molecule has 2 aliphatic heterocycles. The van der Waals surface area contributed by atoms with Crippen LogP contribution in [0.5, 0.6) is 0 Å². The minimum atomic E-state index is -0.392. The number of piperidine rings is 1. The van der Waals surface area contributed by atoms with Crippen molar-refractivity contribution in [2.45, 2.75) is 45.6 Å². The van der Waals surface area contributed by atoms with Crippen molar-refractivity contribution in [2.75, 3.05) is 33.4 Å². The van der Waals surface area contributed by atoms with E-state index in [-0.39, 0.29) is 30.3 Å². The van der Waals surface area contributed by atoms with Gasteiger partial charge in [0.15, 0.2) is 0 Å². The zero-order chi connectivity index (χ0) is 20.3. The fourth-order valence-electron chi connectivity index (χ4n) is 4.68. The number of amides is 2. The molecule has 6 heteroatoms. The zero-order valence-electron chi connectivity index (χ0n) is 17.1. The Hall–Kier alpha value is -1.95. The van der Waals surface area contributed by atoms with Gasteiger partial charge in [-0.15, -0.1) is 0 Å². The molecule has 0 aromatic heterocycles. The summed E-state index contributed by atoms with van der Waals surface area (Å²) < 4.78 is 18.6. The van der Waals surface area contributed by atoms with Gasteiger partial charge in [-0.3, -0.25) is 9.59 Å². The topological polar surface area (TPSA) is 49.9 Å². The molecular weight excluding hydrogens is 359 g/mol. The number of carbonyl (C=O) groups is 2. The van der Waals surface area contributed by atoms with E-state index in [0.717, 1.165) is 12.0 Å². The molecule has 2 fully saturated rings. The number of benzene rings is 1. The van der Waals surface area contributed by atoms with Gasteiger partial charge in [-0.1, -0.05) is 26.0 Å². The van der Waals surface area contributed by atoms with Gasteiger partial charge in [0.1, 0.15) is 12.4 Å². The van der Waals surface area contributed by atoms with Crippen LogP contribution < -0.4 is 0 Å². The molecule has 0 bridgehead atoms. The summed E-state index contributed by atoms with van der Waals surface area (Å²) >= 11 is 0. The van der Waals surface area contributed by atoms with Crippen molar-refractivity contribution in [3.05, 3.63) is 35.6 Å². The van der Waals surface area contributed by atoms with E-state index < -0.39 is 5.41 Å². The Morgan fingerprint density at radius 3 is 2.64 bits per heavy atom. The molecule has 0 N–H and O–H groups in total. The van der Waals surface area contributed by atoms with E-state index in [1.165, 1.54) is 13.2 Å². The average Bonchev–Trinajstić information content (AvgIpc) is 2.87. The van der Waals surface area contributed by atoms with Crippen molar-refractivity contribution < 1.29 is 18.7 Å².